The molecule has 16 heavy (non-hydrogen) atoms. The predicted octanol–water partition coefficient (Wildman–Crippen LogP) is 3.43. The van der Waals surface area contributed by atoms with Crippen LogP contribution in [-0.2, 0) is 0 Å². The molecule has 2 aromatic rings. The number of rotatable bonds is 2. The third kappa shape index (κ3) is 2.62. The number of thiophene rings is 1. The molecule has 0 aliphatic rings. The first-order valence-electron chi connectivity index (χ1n) is 4.49. The third-order valence-electron chi connectivity index (χ3n) is 1.91. The van der Waals surface area contributed by atoms with Gasteiger partial charge in [0.2, 0.25) is 0 Å². The Morgan fingerprint density at radius 3 is 2.56 bits per heavy atom. The molecule has 0 radical (unpaired) electrons. The summed E-state index contributed by atoms with van der Waals surface area (Å²) in [5.74, 6) is -0.538. The monoisotopic (exact) mass is 253 g/mol. The molecular weight excluding hydrogens is 245 g/mol. The van der Waals surface area contributed by atoms with E-state index < -0.39 is 0 Å². The summed E-state index contributed by atoms with van der Waals surface area (Å²) in [5, 5.41) is 4.45. The van der Waals surface area contributed by atoms with Crippen molar-refractivity contribution in [2.45, 2.75) is 4.90 Å². The van der Waals surface area contributed by atoms with E-state index in [2.05, 4.69) is 17.9 Å². The van der Waals surface area contributed by atoms with Crippen LogP contribution in [0.3, 0.4) is 0 Å². The second-order valence-electron chi connectivity index (χ2n) is 3.13. The number of amides is 1. The van der Waals surface area contributed by atoms with Gasteiger partial charge < -0.3 is 5.32 Å². The van der Waals surface area contributed by atoms with Gasteiger partial charge in [-0.2, -0.15) is 0 Å². The number of anilines is 1. The maximum atomic E-state index is 12.6. The highest BCUT2D eigenvalue weighted by molar-refractivity contribution is 7.80. The summed E-state index contributed by atoms with van der Waals surface area (Å²) in [6, 6.07) is 7.32. The summed E-state index contributed by atoms with van der Waals surface area (Å²) in [4.78, 5) is 13.0. The third-order valence-corrected chi connectivity index (χ3v) is 3.27. The minimum absolute atomic E-state index is 0.211. The molecule has 0 spiro atoms. The lowest BCUT2D eigenvalue weighted by molar-refractivity contribution is 0.103. The number of thiol groups is 1. The molecule has 82 valence electrons. The van der Waals surface area contributed by atoms with Crippen LogP contribution in [0.25, 0.3) is 0 Å². The van der Waals surface area contributed by atoms with Crippen molar-refractivity contribution in [2.75, 3.05) is 5.32 Å². The van der Waals surface area contributed by atoms with Crippen molar-refractivity contribution in [1.82, 2.24) is 0 Å². The van der Waals surface area contributed by atoms with E-state index >= 15 is 0 Å². The number of carbonyl (C=O) groups is 1. The second kappa shape index (κ2) is 4.67. The van der Waals surface area contributed by atoms with Gasteiger partial charge in [-0.25, -0.2) is 4.39 Å². The summed E-state index contributed by atoms with van der Waals surface area (Å²) in [7, 11) is 0. The van der Waals surface area contributed by atoms with E-state index in [1.165, 1.54) is 35.6 Å². The first-order valence-corrected chi connectivity index (χ1v) is 5.82. The summed E-state index contributed by atoms with van der Waals surface area (Å²) >= 11 is 5.44. The zero-order valence-corrected chi connectivity index (χ0v) is 9.82. The number of hydrogen-bond donors (Lipinski definition) is 2. The van der Waals surface area contributed by atoms with E-state index in [0.717, 1.165) is 4.90 Å². The first kappa shape index (κ1) is 11.2. The van der Waals surface area contributed by atoms with Gasteiger partial charge in [-0.3, -0.25) is 4.79 Å². The summed E-state index contributed by atoms with van der Waals surface area (Å²) < 4.78 is 12.6. The van der Waals surface area contributed by atoms with Crippen LogP contribution < -0.4 is 5.32 Å². The van der Waals surface area contributed by atoms with Crippen molar-refractivity contribution in [1.29, 1.82) is 0 Å². The lowest BCUT2D eigenvalue weighted by Gasteiger charge is -2.02. The van der Waals surface area contributed by atoms with E-state index in [9.17, 15) is 9.18 Å². The average Bonchev–Trinajstić information content (AvgIpc) is 2.68. The lowest BCUT2D eigenvalue weighted by Crippen LogP contribution is -2.09. The Bertz CT molecular complexity index is 507. The first-order chi connectivity index (χ1) is 7.65. The van der Waals surface area contributed by atoms with E-state index in [1.807, 2.05) is 0 Å². The highest BCUT2D eigenvalue weighted by Gasteiger charge is 2.08. The van der Waals surface area contributed by atoms with Crippen molar-refractivity contribution in [2.24, 2.45) is 0 Å². The molecule has 1 aromatic heterocycles. The Kier molecular flexibility index (Phi) is 3.26. The van der Waals surface area contributed by atoms with Crippen molar-refractivity contribution in [3.05, 3.63) is 46.4 Å². The van der Waals surface area contributed by atoms with Crippen molar-refractivity contribution in [3.63, 3.8) is 0 Å². The zero-order valence-electron chi connectivity index (χ0n) is 8.11. The zero-order chi connectivity index (χ0) is 11.5. The standard InChI is InChI=1S/C11H8FNOS2/c12-7-1-3-8(4-2-7)13-11(14)10-5-9(15)6-16-10/h1-6,15H,(H,13,14). The summed E-state index contributed by atoms with van der Waals surface area (Å²) in [6.45, 7) is 0. The summed E-state index contributed by atoms with van der Waals surface area (Å²) in [6.07, 6.45) is 0. The van der Waals surface area contributed by atoms with Gasteiger partial charge in [0.05, 0.1) is 4.88 Å². The fourth-order valence-corrected chi connectivity index (χ4v) is 2.21. The largest absolute Gasteiger partial charge is 0.321 e. The van der Waals surface area contributed by atoms with Crippen molar-refractivity contribution in [3.8, 4) is 0 Å². The van der Waals surface area contributed by atoms with Gasteiger partial charge in [-0.15, -0.1) is 24.0 Å². The second-order valence-corrected chi connectivity index (χ2v) is 4.56. The highest BCUT2D eigenvalue weighted by Crippen LogP contribution is 2.19. The highest BCUT2D eigenvalue weighted by atomic mass is 32.1. The molecule has 0 unspecified atom stereocenters. The van der Waals surface area contributed by atoms with Crippen LogP contribution in [0, 0.1) is 5.82 Å². The topological polar surface area (TPSA) is 29.1 Å². The van der Waals surface area contributed by atoms with Crippen molar-refractivity contribution >= 4 is 35.6 Å². The Morgan fingerprint density at radius 2 is 2.00 bits per heavy atom. The van der Waals surface area contributed by atoms with Crippen LogP contribution in [0.2, 0.25) is 0 Å². The predicted molar refractivity (Wildman–Crippen MR) is 65.9 cm³/mol. The number of hydrogen-bond acceptors (Lipinski definition) is 3. The Labute approximate surface area is 102 Å². The van der Waals surface area contributed by atoms with Crippen LogP contribution in [0.4, 0.5) is 10.1 Å². The molecule has 0 aliphatic heterocycles. The molecule has 0 fully saturated rings. The minimum atomic E-state index is -0.327. The molecule has 1 amide bonds. The molecule has 0 bridgehead atoms. The quantitative estimate of drug-likeness (QED) is 0.789. The van der Waals surface area contributed by atoms with E-state index in [1.54, 1.807) is 11.4 Å². The molecule has 0 saturated heterocycles. The van der Waals surface area contributed by atoms with Crippen LogP contribution in [0.15, 0.2) is 40.6 Å². The van der Waals surface area contributed by atoms with Gasteiger partial charge in [0.15, 0.2) is 0 Å². The lowest BCUT2D eigenvalue weighted by atomic mass is 10.3. The molecule has 1 heterocycles. The van der Waals surface area contributed by atoms with E-state index in [-0.39, 0.29) is 11.7 Å². The maximum absolute atomic E-state index is 12.6. The minimum Gasteiger partial charge on any atom is -0.321 e. The number of benzene rings is 1. The van der Waals surface area contributed by atoms with E-state index in [0.29, 0.717) is 10.6 Å². The normalized spacial score (nSPS) is 10.1. The Balaban J connectivity index is 2.10. The maximum Gasteiger partial charge on any atom is 0.265 e. The van der Waals surface area contributed by atoms with Crippen LogP contribution in [-0.4, -0.2) is 5.91 Å². The van der Waals surface area contributed by atoms with Gasteiger partial charge >= 0.3 is 0 Å². The number of nitrogens with one attached hydrogen (secondary N) is 1. The molecule has 1 N–H and O–H groups in total. The van der Waals surface area contributed by atoms with Crippen LogP contribution in [0.5, 0.6) is 0 Å². The molecule has 5 heteroatoms. The molecule has 0 aliphatic carbocycles. The van der Waals surface area contributed by atoms with Gasteiger partial charge in [-0.05, 0) is 30.3 Å². The smallest absolute Gasteiger partial charge is 0.265 e. The molecule has 2 rings (SSSR count). The van der Waals surface area contributed by atoms with Gasteiger partial charge in [-0.1, -0.05) is 0 Å². The number of halogens is 1. The molecule has 0 atom stereocenters. The van der Waals surface area contributed by atoms with E-state index in [4.69, 9.17) is 0 Å². The van der Waals surface area contributed by atoms with Crippen LogP contribution >= 0.6 is 24.0 Å². The molecular formula is C11H8FNOS2. The van der Waals surface area contributed by atoms with Crippen LogP contribution in [0.1, 0.15) is 9.67 Å². The Hall–Kier alpha value is -1.33. The SMILES string of the molecule is O=C(Nc1ccc(F)cc1)c1cc(S)cs1. The average molecular weight is 253 g/mol. The molecule has 2 nitrogen and oxygen atoms in total. The summed E-state index contributed by atoms with van der Waals surface area (Å²) in [5.41, 5.74) is 0.570. The van der Waals surface area contributed by atoms with Gasteiger partial charge in [0.25, 0.3) is 5.91 Å². The van der Waals surface area contributed by atoms with Gasteiger partial charge in [0.1, 0.15) is 5.82 Å². The Morgan fingerprint density at radius 1 is 1.31 bits per heavy atom. The molecule has 1 aromatic carbocycles. The van der Waals surface area contributed by atoms with Gasteiger partial charge in [0, 0.05) is 16.0 Å². The molecule has 0 saturated carbocycles. The fourth-order valence-electron chi connectivity index (χ4n) is 1.17. The van der Waals surface area contributed by atoms with Crippen molar-refractivity contribution < 1.29 is 9.18 Å². The number of carbonyl (C=O) groups excluding carboxylic acids is 1. The fraction of sp³-hybridized carbons (Fsp3) is 0.